The third-order valence-corrected chi connectivity index (χ3v) is 3.95. The molecule has 2 fully saturated rings. The minimum atomic E-state index is -0.164. The second-order valence-electron chi connectivity index (χ2n) is 5.30. The molecule has 0 radical (unpaired) electrons. The van der Waals surface area contributed by atoms with Crippen molar-refractivity contribution in [2.24, 2.45) is 5.92 Å². The Balaban J connectivity index is 1.65. The minimum absolute atomic E-state index is 0.164. The smallest absolute Gasteiger partial charge is 0.236 e. The van der Waals surface area contributed by atoms with E-state index in [1.807, 2.05) is 11.8 Å². The van der Waals surface area contributed by atoms with Crippen molar-refractivity contribution in [1.82, 2.24) is 10.2 Å². The number of amides is 1. The summed E-state index contributed by atoms with van der Waals surface area (Å²) in [5, 5.41) is 12.9. The van der Waals surface area contributed by atoms with Gasteiger partial charge in [0.25, 0.3) is 0 Å². The van der Waals surface area contributed by atoms with Crippen LogP contribution in [0.1, 0.15) is 39.0 Å². The molecule has 0 bridgehead atoms. The van der Waals surface area contributed by atoms with E-state index in [-0.39, 0.29) is 12.0 Å². The van der Waals surface area contributed by atoms with Crippen LogP contribution in [-0.4, -0.2) is 47.7 Å². The standard InChI is InChI=1S/C13H24N2O2/c1-2-15(11-6-7-11)13(17)9-14-8-10-4-3-5-12(10)16/h10-12,14,16H,2-9H2,1H3. The summed E-state index contributed by atoms with van der Waals surface area (Å²) in [6.07, 6.45) is 5.29. The third kappa shape index (κ3) is 3.42. The maximum Gasteiger partial charge on any atom is 0.236 e. The predicted molar refractivity (Wildman–Crippen MR) is 66.6 cm³/mol. The molecule has 4 heteroatoms. The quantitative estimate of drug-likeness (QED) is 0.720. The minimum Gasteiger partial charge on any atom is -0.393 e. The molecule has 2 aliphatic rings. The highest BCUT2D eigenvalue weighted by Crippen LogP contribution is 2.26. The molecular formula is C13H24N2O2. The zero-order valence-electron chi connectivity index (χ0n) is 10.7. The molecule has 4 nitrogen and oxygen atoms in total. The summed E-state index contributed by atoms with van der Waals surface area (Å²) < 4.78 is 0. The van der Waals surface area contributed by atoms with E-state index in [2.05, 4.69) is 5.32 Å². The van der Waals surface area contributed by atoms with E-state index in [4.69, 9.17) is 0 Å². The molecule has 0 spiro atoms. The van der Waals surface area contributed by atoms with Crippen LogP contribution in [0.5, 0.6) is 0 Å². The molecule has 17 heavy (non-hydrogen) atoms. The van der Waals surface area contributed by atoms with Gasteiger partial charge in [-0.05, 0) is 38.5 Å². The van der Waals surface area contributed by atoms with Crippen LogP contribution in [0.3, 0.4) is 0 Å². The Hall–Kier alpha value is -0.610. The number of rotatable bonds is 6. The largest absolute Gasteiger partial charge is 0.393 e. The summed E-state index contributed by atoms with van der Waals surface area (Å²) in [4.78, 5) is 13.9. The number of aliphatic hydroxyl groups excluding tert-OH is 1. The summed E-state index contributed by atoms with van der Waals surface area (Å²) in [7, 11) is 0. The van der Waals surface area contributed by atoms with E-state index in [9.17, 15) is 9.90 Å². The van der Waals surface area contributed by atoms with Crippen molar-refractivity contribution < 1.29 is 9.90 Å². The topological polar surface area (TPSA) is 52.6 Å². The lowest BCUT2D eigenvalue weighted by molar-refractivity contribution is -0.130. The Labute approximate surface area is 103 Å². The third-order valence-electron chi connectivity index (χ3n) is 3.95. The molecule has 0 aromatic heterocycles. The lowest BCUT2D eigenvalue weighted by Gasteiger charge is -2.21. The molecule has 2 saturated carbocycles. The molecule has 2 N–H and O–H groups in total. The molecule has 2 atom stereocenters. The van der Waals surface area contributed by atoms with Gasteiger partial charge >= 0.3 is 0 Å². The monoisotopic (exact) mass is 240 g/mol. The highest BCUT2D eigenvalue weighted by molar-refractivity contribution is 5.78. The van der Waals surface area contributed by atoms with Gasteiger partial charge in [-0.1, -0.05) is 6.42 Å². The Bertz CT molecular complexity index is 266. The van der Waals surface area contributed by atoms with Crippen molar-refractivity contribution in [1.29, 1.82) is 0 Å². The van der Waals surface area contributed by atoms with Crippen LogP contribution < -0.4 is 5.32 Å². The second-order valence-corrected chi connectivity index (χ2v) is 5.30. The molecule has 0 aromatic carbocycles. The molecule has 2 rings (SSSR count). The first-order valence-electron chi connectivity index (χ1n) is 6.90. The zero-order chi connectivity index (χ0) is 12.3. The first kappa shape index (κ1) is 12.8. The van der Waals surface area contributed by atoms with E-state index >= 15 is 0 Å². The molecule has 0 heterocycles. The Morgan fingerprint density at radius 3 is 2.65 bits per heavy atom. The first-order valence-corrected chi connectivity index (χ1v) is 6.90. The molecule has 0 aromatic rings. The highest BCUT2D eigenvalue weighted by atomic mass is 16.3. The van der Waals surface area contributed by atoms with Crippen molar-refractivity contribution in [2.45, 2.75) is 51.2 Å². The van der Waals surface area contributed by atoms with Crippen molar-refractivity contribution in [3.05, 3.63) is 0 Å². The van der Waals surface area contributed by atoms with Crippen molar-refractivity contribution in [2.75, 3.05) is 19.6 Å². The molecule has 0 saturated heterocycles. The van der Waals surface area contributed by atoms with Crippen LogP contribution in [0.15, 0.2) is 0 Å². The average molecular weight is 240 g/mol. The van der Waals surface area contributed by atoms with Gasteiger partial charge in [0.15, 0.2) is 0 Å². The fourth-order valence-corrected chi connectivity index (χ4v) is 2.75. The van der Waals surface area contributed by atoms with Crippen molar-refractivity contribution >= 4 is 5.91 Å². The van der Waals surface area contributed by atoms with Crippen LogP contribution in [0.2, 0.25) is 0 Å². The lowest BCUT2D eigenvalue weighted by atomic mass is 10.1. The number of hydrogen-bond acceptors (Lipinski definition) is 3. The van der Waals surface area contributed by atoms with E-state index < -0.39 is 0 Å². The number of nitrogens with zero attached hydrogens (tertiary/aromatic N) is 1. The van der Waals surface area contributed by atoms with Gasteiger partial charge in [0.1, 0.15) is 0 Å². The van der Waals surface area contributed by atoms with Gasteiger partial charge in [-0.25, -0.2) is 0 Å². The average Bonchev–Trinajstić information content (AvgIpc) is 3.05. The Morgan fingerprint density at radius 2 is 2.12 bits per heavy atom. The van der Waals surface area contributed by atoms with E-state index in [0.29, 0.717) is 18.5 Å². The van der Waals surface area contributed by atoms with Crippen LogP contribution >= 0.6 is 0 Å². The Kier molecular flexibility index (Phi) is 4.40. The second kappa shape index (κ2) is 5.83. The number of hydrogen-bond donors (Lipinski definition) is 2. The molecule has 0 aliphatic heterocycles. The lowest BCUT2D eigenvalue weighted by Crippen LogP contribution is -2.41. The molecule has 98 valence electrons. The van der Waals surface area contributed by atoms with Gasteiger partial charge < -0.3 is 15.3 Å². The van der Waals surface area contributed by atoms with Gasteiger partial charge in [0.05, 0.1) is 12.6 Å². The number of aliphatic hydroxyl groups is 1. The summed E-state index contributed by atoms with van der Waals surface area (Å²) in [6.45, 7) is 4.05. The van der Waals surface area contributed by atoms with E-state index in [1.54, 1.807) is 0 Å². The maximum absolute atomic E-state index is 11.9. The SMILES string of the molecule is CCN(C(=O)CNCC1CCCC1O)C1CC1. The normalized spacial score (nSPS) is 28.4. The highest BCUT2D eigenvalue weighted by Gasteiger charge is 2.31. The van der Waals surface area contributed by atoms with Crippen LogP contribution in [0.25, 0.3) is 0 Å². The summed E-state index contributed by atoms with van der Waals surface area (Å²) in [6, 6.07) is 0.506. The van der Waals surface area contributed by atoms with Gasteiger partial charge in [0, 0.05) is 19.1 Å². The van der Waals surface area contributed by atoms with Crippen LogP contribution in [0.4, 0.5) is 0 Å². The molecular weight excluding hydrogens is 216 g/mol. The zero-order valence-corrected chi connectivity index (χ0v) is 10.7. The van der Waals surface area contributed by atoms with Crippen molar-refractivity contribution in [3.8, 4) is 0 Å². The summed E-state index contributed by atoms with van der Waals surface area (Å²) in [5.74, 6) is 0.557. The fourth-order valence-electron chi connectivity index (χ4n) is 2.75. The van der Waals surface area contributed by atoms with E-state index in [0.717, 1.165) is 32.4 Å². The van der Waals surface area contributed by atoms with Crippen molar-refractivity contribution in [3.63, 3.8) is 0 Å². The Morgan fingerprint density at radius 1 is 1.35 bits per heavy atom. The number of carbonyl (C=O) groups excluding carboxylic acids is 1. The maximum atomic E-state index is 11.9. The molecule has 2 unspecified atom stereocenters. The number of carbonyl (C=O) groups is 1. The van der Waals surface area contributed by atoms with Gasteiger partial charge in [-0.2, -0.15) is 0 Å². The summed E-state index contributed by atoms with van der Waals surface area (Å²) >= 11 is 0. The molecule has 1 amide bonds. The van der Waals surface area contributed by atoms with Gasteiger partial charge in [-0.3, -0.25) is 4.79 Å². The van der Waals surface area contributed by atoms with Crippen LogP contribution in [-0.2, 0) is 4.79 Å². The number of likely N-dealkylation sites (N-methyl/N-ethyl adjacent to an activating group) is 1. The summed E-state index contributed by atoms with van der Waals surface area (Å²) in [5.41, 5.74) is 0. The van der Waals surface area contributed by atoms with E-state index in [1.165, 1.54) is 12.8 Å². The molecule has 2 aliphatic carbocycles. The predicted octanol–water partition coefficient (Wildman–Crippen LogP) is 0.748. The van der Waals surface area contributed by atoms with Crippen LogP contribution in [0, 0.1) is 5.92 Å². The number of nitrogens with one attached hydrogen (secondary N) is 1. The first-order chi connectivity index (χ1) is 8.22. The van der Waals surface area contributed by atoms with Gasteiger partial charge in [0.2, 0.25) is 5.91 Å². The fraction of sp³-hybridized carbons (Fsp3) is 0.923. The van der Waals surface area contributed by atoms with Gasteiger partial charge in [-0.15, -0.1) is 0 Å².